The number of amides is 1. The fourth-order valence-electron chi connectivity index (χ4n) is 2.72. The molecule has 0 unspecified atom stereocenters. The van der Waals surface area contributed by atoms with Crippen molar-refractivity contribution in [2.24, 2.45) is 5.10 Å². The summed E-state index contributed by atoms with van der Waals surface area (Å²) >= 11 is 0. The van der Waals surface area contributed by atoms with Crippen LogP contribution >= 0.6 is 0 Å². The predicted molar refractivity (Wildman–Crippen MR) is 102 cm³/mol. The number of halogens is 2. The zero-order chi connectivity index (χ0) is 19.1. The molecule has 0 aliphatic rings. The molecule has 3 aromatic carbocycles. The quantitative estimate of drug-likeness (QED) is 0.507. The molecular weight excluding hydrogens is 346 g/mol. The van der Waals surface area contributed by atoms with Crippen LogP contribution < -0.4 is 5.43 Å². The molecule has 0 aliphatic heterocycles. The Morgan fingerprint density at radius 3 is 2.48 bits per heavy atom. The molecule has 1 N–H and O–H groups in total. The molecule has 0 spiro atoms. The van der Waals surface area contributed by atoms with Gasteiger partial charge in [0, 0.05) is 11.1 Å². The number of hydrogen-bond donors (Lipinski definition) is 1. The van der Waals surface area contributed by atoms with Crippen LogP contribution in [-0.2, 0) is 12.8 Å². The highest BCUT2D eigenvalue weighted by molar-refractivity contribution is 5.96. The predicted octanol–water partition coefficient (Wildman–Crippen LogP) is 4.51. The van der Waals surface area contributed by atoms with Crippen molar-refractivity contribution in [3.63, 3.8) is 0 Å². The van der Waals surface area contributed by atoms with Crippen LogP contribution in [0.25, 0.3) is 0 Å². The summed E-state index contributed by atoms with van der Waals surface area (Å²) < 4.78 is 26.7. The van der Waals surface area contributed by atoms with Crippen molar-refractivity contribution in [1.82, 2.24) is 5.43 Å². The van der Waals surface area contributed by atoms with Gasteiger partial charge in [-0.25, -0.2) is 14.2 Å². The van der Waals surface area contributed by atoms with E-state index >= 15 is 0 Å². The zero-order valence-electron chi connectivity index (χ0n) is 14.5. The van der Waals surface area contributed by atoms with Gasteiger partial charge in [0.25, 0.3) is 5.91 Å². The Bertz CT molecular complexity index is 956. The number of benzene rings is 3. The summed E-state index contributed by atoms with van der Waals surface area (Å²) in [6.07, 6.45) is 2.60. The van der Waals surface area contributed by atoms with E-state index < -0.39 is 17.5 Å². The number of hydrogen-bond acceptors (Lipinski definition) is 2. The van der Waals surface area contributed by atoms with Gasteiger partial charge in [-0.15, -0.1) is 0 Å². The molecule has 0 fully saturated rings. The Morgan fingerprint density at radius 1 is 0.926 bits per heavy atom. The Labute approximate surface area is 156 Å². The average Bonchev–Trinajstić information content (AvgIpc) is 2.70. The van der Waals surface area contributed by atoms with Crippen LogP contribution in [0.5, 0.6) is 0 Å². The first-order valence-electron chi connectivity index (χ1n) is 8.54. The van der Waals surface area contributed by atoms with Crippen LogP contribution in [0.2, 0.25) is 0 Å². The van der Waals surface area contributed by atoms with Crippen LogP contribution in [0.15, 0.2) is 77.9 Å². The third-order valence-electron chi connectivity index (χ3n) is 4.12. The number of nitrogens with zero attached hydrogens (tertiary/aromatic N) is 1. The summed E-state index contributed by atoms with van der Waals surface area (Å²) in [4.78, 5) is 12.4. The molecule has 0 aliphatic carbocycles. The highest BCUT2D eigenvalue weighted by Crippen LogP contribution is 2.13. The minimum atomic E-state index is -0.613. The molecule has 0 atom stereocenters. The summed E-state index contributed by atoms with van der Waals surface area (Å²) in [5.41, 5.74) is 4.93. The second-order valence-corrected chi connectivity index (χ2v) is 6.01. The van der Waals surface area contributed by atoms with Crippen LogP contribution in [-0.4, -0.2) is 12.1 Å². The van der Waals surface area contributed by atoms with Gasteiger partial charge in [0.15, 0.2) is 0 Å². The highest BCUT2D eigenvalue weighted by atomic mass is 19.1. The van der Waals surface area contributed by atoms with E-state index in [9.17, 15) is 13.6 Å². The topological polar surface area (TPSA) is 41.5 Å². The summed E-state index contributed by atoms with van der Waals surface area (Å²) in [5, 5.41) is 3.75. The first-order chi connectivity index (χ1) is 13.1. The van der Waals surface area contributed by atoms with Gasteiger partial charge in [0.1, 0.15) is 11.6 Å². The van der Waals surface area contributed by atoms with Crippen LogP contribution in [0.3, 0.4) is 0 Å². The van der Waals surface area contributed by atoms with Gasteiger partial charge >= 0.3 is 0 Å². The molecule has 3 nitrogen and oxygen atoms in total. The lowest BCUT2D eigenvalue weighted by molar-refractivity contribution is 0.0954. The van der Waals surface area contributed by atoms with E-state index in [4.69, 9.17) is 0 Å². The summed E-state index contributed by atoms with van der Waals surface area (Å²) in [6.45, 7) is 0. The fourth-order valence-corrected chi connectivity index (χ4v) is 2.72. The molecule has 0 heterocycles. The van der Waals surface area contributed by atoms with Crippen LogP contribution in [0.4, 0.5) is 8.78 Å². The van der Waals surface area contributed by atoms with Crippen molar-refractivity contribution in [3.8, 4) is 0 Å². The van der Waals surface area contributed by atoms with E-state index in [1.807, 2.05) is 42.5 Å². The maximum absolute atomic E-state index is 13.6. The summed E-state index contributed by atoms with van der Waals surface area (Å²) in [7, 11) is 0. The van der Waals surface area contributed by atoms with Crippen molar-refractivity contribution >= 4 is 12.1 Å². The lowest BCUT2D eigenvalue weighted by Crippen LogP contribution is -2.19. The Kier molecular flexibility index (Phi) is 6.05. The largest absolute Gasteiger partial charge is 0.271 e. The van der Waals surface area contributed by atoms with Gasteiger partial charge in [0.2, 0.25) is 0 Å². The lowest BCUT2D eigenvalue weighted by atomic mass is 9.99. The van der Waals surface area contributed by atoms with Gasteiger partial charge in [-0.05, 0) is 48.2 Å². The Morgan fingerprint density at radius 2 is 1.67 bits per heavy atom. The van der Waals surface area contributed by atoms with Crippen molar-refractivity contribution in [3.05, 3.63) is 107 Å². The Hall–Kier alpha value is -3.34. The second-order valence-electron chi connectivity index (χ2n) is 6.01. The van der Waals surface area contributed by atoms with Gasteiger partial charge in [-0.3, -0.25) is 4.79 Å². The highest BCUT2D eigenvalue weighted by Gasteiger charge is 2.10. The zero-order valence-corrected chi connectivity index (χ0v) is 14.5. The number of carbonyl (C=O) groups excluding carboxylic acids is 1. The number of nitrogens with one attached hydrogen (secondary N) is 1. The fraction of sp³-hybridized carbons (Fsp3) is 0.0909. The maximum Gasteiger partial charge on any atom is 0.271 e. The molecule has 0 bridgehead atoms. The normalized spacial score (nSPS) is 10.9. The first kappa shape index (κ1) is 18.5. The molecule has 5 heteroatoms. The minimum Gasteiger partial charge on any atom is -0.267 e. The SMILES string of the molecule is O=C(NN=Cc1cc(F)ccc1F)c1ccccc1CCc1ccccc1. The van der Waals surface area contributed by atoms with Gasteiger partial charge in [-0.2, -0.15) is 5.10 Å². The third-order valence-corrected chi connectivity index (χ3v) is 4.12. The lowest BCUT2D eigenvalue weighted by Gasteiger charge is -2.08. The van der Waals surface area contributed by atoms with Crippen molar-refractivity contribution in [1.29, 1.82) is 0 Å². The van der Waals surface area contributed by atoms with Crippen LogP contribution in [0.1, 0.15) is 27.0 Å². The summed E-state index contributed by atoms with van der Waals surface area (Å²) in [6, 6.07) is 20.3. The number of carbonyl (C=O) groups is 1. The number of aryl methyl sites for hydroxylation is 2. The number of rotatable bonds is 6. The molecule has 3 rings (SSSR count). The minimum absolute atomic E-state index is 0.0346. The van der Waals surface area contributed by atoms with E-state index in [1.54, 1.807) is 12.1 Å². The molecule has 0 saturated carbocycles. The van der Waals surface area contributed by atoms with Crippen molar-refractivity contribution in [2.75, 3.05) is 0 Å². The molecule has 27 heavy (non-hydrogen) atoms. The van der Waals surface area contributed by atoms with E-state index in [-0.39, 0.29) is 5.56 Å². The van der Waals surface area contributed by atoms with E-state index in [0.29, 0.717) is 12.0 Å². The van der Waals surface area contributed by atoms with Crippen molar-refractivity contribution in [2.45, 2.75) is 12.8 Å². The first-order valence-corrected chi connectivity index (χ1v) is 8.54. The third kappa shape index (κ3) is 5.07. The smallest absolute Gasteiger partial charge is 0.267 e. The maximum atomic E-state index is 13.6. The van der Waals surface area contributed by atoms with E-state index in [2.05, 4.69) is 10.5 Å². The summed E-state index contributed by atoms with van der Waals surface area (Å²) in [5.74, 6) is -1.58. The monoisotopic (exact) mass is 364 g/mol. The molecule has 0 radical (unpaired) electrons. The molecule has 0 aromatic heterocycles. The second kappa shape index (κ2) is 8.85. The average molecular weight is 364 g/mol. The van der Waals surface area contributed by atoms with Gasteiger partial charge in [0.05, 0.1) is 6.21 Å². The van der Waals surface area contributed by atoms with Crippen LogP contribution in [0, 0.1) is 11.6 Å². The molecule has 3 aromatic rings. The molecule has 1 amide bonds. The van der Waals surface area contributed by atoms with Crippen molar-refractivity contribution < 1.29 is 13.6 Å². The van der Waals surface area contributed by atoms with E-state index in [1.165, 1.54) is 5.56 Å². The number of hydrazone groups is 1. The molecule has 136 valence electrons. The Balaban J connectivity index is 1.68. The van der Waals surface area contributed by atoms with Gasteiger partial charge in [-0.1, -0.05) is 48.5 Å². The molecular formula is C22H18F2N2O. The van der Waals surface area contributed by atoms with Gasteiger partial charge < -0.3 is 0 Å². The molecule has 0 saturated heterocycles. The van der Waals surface area contributed by atoms with E-state index in [0.717, 1.165) is 36.4 Å². The standard InChI is InChI=1S/C22H18F2N2O/c23-19-12-13-21(24)18(14-19)15-25-26-22(27)20-9-5-4-8-17(20)11-10-16-6-2-1-3-7-16/h1-9,12-15H,10-11H2,(H,26,27).